The van der Waals surface area contributed by atoms with Crippen LogP contribution in [0.15, 0.2) is 96.4 Å². The molecule has 0 spiro atoms. The Kier molecular flexibility index (Phi) is 7.43. The Morgan fingerprint density at radius 3 is 1.50 bits per heavy atom. The van der Waals surface area contributed by atoms with Crippen LogP contribution in [0.2, 0.25) is 0 Å². The third-order valence-electron chi connectivity index (χ3n) is 7.94. The van der Waals surface area contributed by atoms with Gasteiger partial charge in [-0.05, 0) is 35.4 Å². The number of likely N-dealkylation sites (N-methyl/N-ethyl adjacent to an activating group) is 2. The summed E-state index contributed by atoms with van der Waals surface area (Å²) < 4.78 is 65.3. The molecule has 2 aromatic carbocycles. The van der Waals surface area contributed by atoms with Gasteiger partial charge in [-0.25, -0.2) is 0 Å². The summed E-state index contributed by atoms with van der Waals surface area (Å²) in [5.74, 6) is 0. The van der Waals surface area contributed by atoms with E-state index in [0.717, 1.165) is 40.9 Å². The van der Waals surface area contributed by atoms with E-state index >= 15 is 0 Å². The molecule has 0 bridgehead atoms. The molecule has 4 rings (SSSR count). The molecule has 0 aliphatic carbocycles. The van der Waals surface area contributed by atoms with E-state index in [1.165, 1.54) is 12.2 Å². The first kappa shape index (κ1) is 29.4. The van der Waals surface area contributed by atoms with Crippen LogP contribution in [-0.2, 0) is 20.9 Å². The van der Waals surface area contributed by atoms with Crippen molar-refractivity contribution < 1.29 is 25.6 Å². The first-order valence-corrected chi connectivity index (χ1v) is 14.3. The van der Waals surface area contributed by atoms with Crippen LogP contribution >= 0.6 is 0 Å². The zero-order valence-electron chi connectivity index (χ0n) is 23.8. The average Bonchev–Trinajstić information content (AvgIpc) is 3.20. The highest BCUT2D eigenvalue weighted by Crippen LogP contribution is 2.47. The molecular weight excluding hydrogens is 535 g/mol. The van der Waals surface area contributed by atoms with E-state index in [1.807, 2.05) is 84.6 Å². The van der Waals surface area contributed by atoms with Crippen molar-refractivity contribution >= 4 is 27.1 Å². The Labute approximate surface area is 235 Å². The quantitative estimate of drug-likeness (QED) is 0.298. The number of nitrogens with zero attached hydrogens (tertiary/aromatic N) is 3. The molecule has 2 aliphatic heterocycles. The number of para-hydroxylation sites is 2. The fraction of sp³-hybridized carbons (Fsp3) is 0.323. The van der Waals surface area contributed by atoms with E-state index in [0.29, 0.717) is 0 Å². The first-order chi connectivity index (χ1) is 18.5. The van der Waals surface area contributed by atoms with Crippen molar-refractivity contribution in [3.8, 4) is 0 Å². The highest BCUT2D eigenvalue weighted by Gasteiger charge is 2.54. The van der Waals surface area contributed by atoms with Crippen molar-refractivity contribution in [1.82, 2.24) is 0 Å². The molecule has 5 nitrogen and oxygen atoms in total. The summed E-state index contributed by atoms with van der Waals surface area (Å²) in [6.07, 6.45) is 9.58. The third-order valence-corrected chi connectivity index (χ3v) is 9.46. The maximum atomic E-state index is 13.5. The summed E-state index contributed by atoms with van der Waals surface area (Å²) in [5, 5.41) is 0. The maximum Gasteiger partial charge on any atom is 0.560 e. The lowest BCUT2D eigenvalue weighted by Gasteiger charge is -2.23. The van der Waals surface area contributed by atoms with Crippen molar-refractivity contribution in [2.45, 2.75) is 44.0 Å². The highest BCUT2D eigenvalue weighted by molar-refractivity contribution is 7.86. The van der Waals surface area contributed by atoms with E-state index < -0.39 is 15.5 Å². The lowest BCUT2D eigenvalue weighted by Crippen LogP contribution is -2.34. The summed E-state index contributed by atoms with van der Waals surface area (Å²) in [4.78, 5) is 4.07. The van der Waals surface area contributed by atoms with Crippen LogP contribution in [0.25, 0.3) is 0 Å². The lowest BCUT2D eigenvalue weighted by atomic mass is 9.84. The molecule has 0 amide bonds. The van der Waals surface area contributed by atoms with Gasteiger partial charge in [-0.15, -0.1) is 3.98 Å². The summed E-state index contributed by atoms with van der Waals surface area (Å²) >= 11 is 0. The predicted octanol–water partition coefficient (Wildman–Crippen LogP) is 6.65. The van der Waals surface area contributed by atoms with Gasteiger partial charge < -0.3 is 9.80 Å². The molecule has 2 aliphatic rings. The number of anilines is 2. The van der Waals surface area contributed by atoms with Crippen LogP contribution in [0.3, 0.4) is 0 Å². The molecule has 40 heavy (non-hydrogen) atoms. The fourth-order valence-electron chi connectivity index (χ4n) is 5.64. The molecule has 9 heteroatoms. The van der Waals surface area contributed by atoms with Gasteiger partial charge in [-0.1, -0.05) is 76.2 Å². The van der Waals surface area contributed by atoms with Gasteiger partial charge in [0.1, 0.15) is 0 Å². The molecular formula is C31H35F3N3O2S+. The standard InChI is InChI=1S/C31H35F3N3O2S/c1-29(2)23-16-8-10-18-25(23)35(5)27(29)20-12-14-22(37(7)40(38,39)31(32,33)34)15-13-21-28-30(3,4)24-17-9-11-19-26(24)36(28)6/h8-21H,1-7H3/q+1. The molecule has 0 saturated heterocycles. The minimum absolute atomic E-state index is 0.127. The van der Waals surface area contributed by atoms with Crippen LogP contribution in [0.1, 0.15) is 38.8 Å². The second-order valence-corrected chi connectivity index (χ2v) is 13.0. The van der Waals surface area contributed by atoms with Gasteiger partial charge in [0, 0.05) is 59.8 Å². The Morgan fingerprint density at radius 1 is 0.775 bits per heavy atom. The monoisotopic (exact) mass is 570 g/mol. The van der Waals surface area contributed by atoms with Crippen molar-refractivity contribution in [3.63, 3.8) is 0 Å². The van der Waals surface area contributed by atoms with Gasteiger partial charge >= 0.3 is 15.5 Å². The molecule has 212 valence electrons. The summed E-state index contributed by atoms with van der Waals surface area (Å²) in [6.45, 7) is 8.29. The Morgan fingerprint density at radius 2 is 1.15 bits per heavy atom. The number of rotatable bonds is 5. The van der Waals surface area contributed by atoms with Crippen molar-refractivity contribution in [1.29, 1.82) is 0 Å². The number of sulfonamides is 1. The number of allylic oxidation sites excluding steroid dienone is 8. The maximum absolute atomic E-state index is 13.5. The highest BCUT2D eigenvalue weighted by atomic mass is 32.2. The van der Waals surface area contributed by atoms with Gasteiger partial charge in [0.2, 0.25) is 5.71 Å². The number of benzene rings is 2. The minimum Gasteiger partial charge on any atom is -0.347 e. The van der Waals surface area contributed by atoms with Gasteiger partial charge in [-0.3, -0.25) is 0 Å². The second-order valence-electron chi connectivity index (χ2n) is 11.1. The van der Waals surface area contributed by atoms with Gasteiger partial charge in [0.15, 0.2) is 7.05 Å². The number of hydrogen-bond acceptors (Lipinski definition) is 4. The Hall–Kier alpha value is -3.59. The van der Waals surface area contributed by atoms with Crippen LogP contribution in [0, 0.1) is 0 Å². The fourth-order valence-corrected chi connectivity index (χ4v) is 6.35. The van der Waals surface area contributed by atoms with Gasteiger partial charge in [-0.2, -0.15) is 21.6 Å². The molecule has 0 aromatic heterocycles. The molecule has 0 radical (unpaired) electrons. The van der Waals surface area contributed by atoms with E-state index in [-0.39, 0.29) is 20.5 Å². The second kappa shape index (κ2) is 10.1. The smallest absolute Gasteiger partial charge is 0.347 e. The number of alkyl halides is 3. The normalized spacial score (nSPS) is 21.1. The van der Waals surface area contributed by atoms with Crippen LogP contribution in [0.4, 0.5) is 24.5 Å². The van der Waals surface area contributed by atoms with Crippen molar-refractivity contribution in [2.75, 3.05) is 30.9 Å². The van der Waals surface area contributed by atoms with Gasteiger partial charge in [0.05, 0.1) is 0 Å². The molecule has 0 N–H and O–H groups in total. The van der Waals surface area contributed by atoms with E-state index in [4.69, 9.17) is 0 Å². The Balaban J connectivity index is 1.74. The minimum atomic E-state index is -5.60. The Bertz CT molecular complexity index is 1500. The predicted molar refractivity (Wildman–Crippen MR) is 156 cm³/mol. The summed E-state index contributed by atoms with van der Waals surface area (Å²) in [6, 6.07) is 16.0. The zero-order chi connectivity index (χ0) is 29.7. The molecule has 0 fully saturated rings. The summed E-state index contributed by atoms with van der Waals surface area (Å²) in [7, 11) is -0.820. The topological polar surface area (TPSA) is 43.6 Å². The lowest BCUT2D eigenvalue weighted by molar-refractivity contribution is -0.339. The van der Waals surface area contributed by atoms with E-state index in [2.05, 4.69) is 27.7 Å². The van der Waals surface area contributed by atoms with Gasteiger partial charge in [0.25, 0.3) is 0 Å². The molecule has 0 unspecified atom stereocenters. The van der Waals surface area contributed by atoms with Crippen molar-refractivity contribution in [3.05, 3.63) is 108 Å². The number of fused-ring (bicyclic) bond motifs is 2. The van der Waals surface area contributed by atoms with Crippen molar-refractivity contribution in [2.24, 2.45) is 0 Å². The molecule has 0 atom stereocenters. The number of hydrogen-bond donors (Lipinski definition) is 0. The van der Waals surface area contributed by atoms with Crippen LogP contribution in [0.5, 0.6) is 0 Å². The van der Waals surface area contributed by atoms with E-state index in [9.17, 15) is 21.6 Å². The van der Waals surface area contributed by atoms with Crippen LogP contribution in [-0.4, -0.2) is 44.8 Å². The molecule has 2 aromatic rings. The summed E-state index contributed by atoms with van der Waals surface area (Å²) in [5.41, 5.74) is -0.0150. The van der Waals surface area contributed by atoms with Crippen LogP contribution < -0.4 is 9.80 Å². The third kappa shape index (κ3) is 4.80. The zero-order valence-corrected chi connectivity index (χ0v) is 24.6. The molecule has 2 heterocycles. The molecule has 0 saturated carbocycles. The van der Waals surface area contributed by atoms with E-state index in [1.54, 1.807) is 12.2 Å². The largest absolute Gasteiger partial charge is 0.560 e. The first-order valence-electron chi connectivity index (χ1n) is 12.9. The SMILES string of the molecule is CN1C(=CC=CC(/C=C/C=C2/N(C)c3ccccc3C2(C)C)=[N+](C)S(=O)(=O)C(F)(F)F)C(C)(C)c2ccccc21. The number of halogens is 3. The average molecular weight is 571 g/mol.